The van der Waals surface area contributed by atoms with Gasteiger partial charge in [0.15, 0.2) is 23.0 Å². The first-order valence-electron chi connectivity index (χ1n) is 18.7. The van der Waals surface area contributed by atoms with Gasteiger partial charge in [0.25, 0.3) is 11.8 Å². The van der Waals surface area contributed by atoms with Crippen molar-refractivity contribution in [3.8, 4) is 28.7 Å². The number of rotatable bonds is 13. The average Bonchev–Trinajstić information content (AvgIpc) is 3.79. The van der Waals surface area contributed by atoms with Gasteiger partial charge in [-0.05, 0) is 74.6 Å². The molecule has 4 aliphatic rings. The van der Waals surface area contributed by atoms with E-state index >= 15 is 0 Å². The predicted molar refractivity (Wildman–Crippen MR) is 211 cm³/mol. The van der Waals surface area contributed by atoms with E-state index in [4.69, 9.17) is 38.4 Å². The van der Waals surface area contributed by atoms with Gasteiger partial charge in [0.2, 0.25) is 0 Å². The van der Waals surface area contributed by atoms with Crippen LogP contribution in [0.1, 0.15) is 71.4 Å². The first-order chi connectivity index (χ1) is 27.2. The van der Waals surface area contributed by atoms with E-state index in [1.54, 1.807) is 24.3 Å². The minimum absolute atomic E-state index is 0.0984. The average molecular weight is 763 g/mol. The van der Waals surface area contributed by atoms with Gasteiger partial charge in [0.1, 0.15) is 19.0 Å². The molecule has 0 aliphatic carbocycles. The van der Waals surface area contributed by atoms with Crippen molar-refractivity contribution in [2.24, 2.45) is 9.98 Å². The highest BCUT2D eigenvalue weighted by Gasteiger charge is 2.36. The molecule has 2 unspecified atom stereocenters. The SMILES string of the molecule is C/C=C1\CC2C=Nc3cc(OCc4cc(COc5cc6c(cc5OC)C(=O)N5C/C(=C/C)CC5C=N6)cc(OCCCC(=O)OC)c4)c(OC)cc3C(=O)N2C1. The Labute approximate surface area is 326 Å². The van der Waals surface area contributed by atoms with Crippen molar-refractivity contribution in [3.63, 3.8) is 0 Å². The molecular formula is C43H46N4O9. The third-order valence-corrected chi connectivity index (χ3v) is 10.5. The van der Waals surface area contributed by atoms with Gasteiger partial charge >= 0.3 is 5.97 Å². The molecule has 56 heavy (non-hydrogen) atoms. The molecule has 2 saturated heterocycles. The van der Waals surface area contributed by atoms with Gasteiger partial charge in [-0.25, -0.2) is 0 Å². The fraction of sp³-hybridized carbons (Fsp3) is 0.372. The Hall–Kier alpha value is -6.11. The maximum atomic E-state index is 13.6. The van der Waals surface area contributed by atoms with E-state index in [0.717, 1.165) is 24.0 Å². The van der Waals surface area contributed by atoms with Crippen LogP contribution in [0.15, 0.2) is 75.7 Å². The summed E-state index contributed by atoms with van der Waals surface area (Å²) in [6, 6.07) is 12.3. The summed E-state index contributed by atoms with van der Waals surface area (Å²) in [6.45, 7) is 5.67. The Balaban J connectivity index is 1.12. The molecule has 292 valence electrons. The molecule has 0 radical (unpaired) electrons. The normalized spacial score (nSPS) is 19.6. The quantitative estimate of drug-likeness (QED) is 0.103. The number of amides is 2. The van der Waals surface area contributed by atoms with Crippen molar-refractivity contribution in [1.82, 2.24) is 9.80 Å². The highest BCUT2D eigenvalue weighted by molar-refractivity contribution is 6.04. The summed E-state index contributed by atoms with van der Waals surface area (Å²) in [4.78, 5) is 51.9. The molecule has 13 nitrogen and oxygen atoms in total. The molecule has 0 saturated carbocycles. The molecule has 7 rings (SSSR count). The summed E-state index contributed by atoms with van der Waals surface area (Å²) in [5.74, 6) is 1.74. The third-order valence-electron chi connectivity index (χ3n) is 10.5. The van der Waals surface area contributed by atoms with Gasteiger partial charge in [-0.1, -0.05) is 23.3 Å². The summed E-state index contributed by atoms with van der Waals surface area (Å²) < 4.78 is 34.9. The Bertz CT molecular complexity index is 2020. The molecule has 0 bridgehead atoms. The standard InChI is InChI=1S/C43H46N4O9/c1-6-26-12-30-20-44-35-18-39(37(51-3)16-33(35)42(49)46(30)22-26)55-24-28-11-29(15-32(14-28)54-10-8-9-41(48)53-5)25-56-40-19-36-34(17-38(40)52-4)43(50)47-23-27(7-2)13-31(47)21-45-36/h6-7,11,14-21,30-31H,8-10,12-13,22-25H2,1-5H3/b26-6+,27-7+. The van der Waals surface area contributed by atoms with Crippen molar-refractivity contribution < 1.29 is 42.8 Å². The van der Waals surface area contributed by atoms with Gasteiger partial charge in [0, 0.05) is 44.1 Å². The first kappa shape index (κ1) is 38.2. The molecule has 3 aromatic carbocycles. The van der Waals surface area contributed by atoms with E-state index < -0.39 is 0 Å². The summed E-state index contributed by atoms with van der Waals surface area (Å²) >= 11 is 0. The van der Waals surface area contributed by atoms with Crippen LogP contribution in [0.25, 0.3) is 0 Å². The molecule has 0 spiro atoms. The fourth-order valence-corrected chi connectivity index (χ4v) is 7.34. The minimum Gasteiger partial charge on any atom is -0.494 e. The summed E-state index contributed by atoms with van der Waals surface area (Å²) in [6.07, 6.45) is 9.99. The molecule has 0 N–H and O–H groups in total. The number of carbonyl (C=O) groups is 3. The van der Waals surface area contributed by atoms with Crippen molar-refractivity contribution in [2.45, 2.75) is 64.8 Å². The zero-order chi connectivity index (χ0) is 39.3. The Morgan fingerprint density at radius 3 is 1.64 bits per heavy atom. The largest absolute Gasteiger partial charge is 0.494 e. The molecule has 4 aliphatic heterocycles. The van der Waals surface area contributed by atoms with E-state index in [0.29, 0.717) is 70.8 Å². The zero-order valence-corrected chi connectivity index (χ0v) is 32.3. The van der Waals surface area contributed by atoms with Crippen LogP contribution in [0.2, 0.25) is 0 Å². The number of hydrogen-bond donors (Lipinski definition) is 0. The molecule has 13 heteroatoms. The maximum absolute atomic E-state index is 13.6. The maximum Gasteiger partial charge on any atom is 0.305 e. The second-order valence-electron chi connectivity index (χ2n) is 14.0. The molecule has 2 amide bonds. The number of benzene rings is 3. The van der Waals surface area contributed by atoms with Crippen LogP contribution >= 0.6 is 0 Å². The van der Waals surface area contributed by atoms with Gasteiger partial charge in [0.05, 0.1) is 62.5 Å². The van der Waals surface area contributed by atoms with Crippen molar-refractivity contribution >= 4 is 41.6 Å². The van der Waals surface area contributed by atoms with Crippen LogP contribution in [-0.4, -0.2) is 93.1 Å². The van der Waals surface area contributed by atoms with E-state index in [-0.39, 0.29) is 56.1 Å². The molecular weight excluding hydrogens is 716 g/mol. The van der Waals surface area contributed by atoms with Gasteiger partial charge in [-0.2, -0.15) is 0 Å². The Morgan fingerprint density at radius 2 is 1.20 bits per heavy atom. The number of aliphatic imine (C=N–C) groups is 2. The second kappa shape index (κ2) is 16.7. The molecule has 2 atom stereocenters. The molecule has 3 aromatic rings. The van der Waals surface area contributed by atoms with E-state index in [1.807, 2.05) is 54.3 Å². The smallest absolute Gasteiger partial charge is 0.305 e. The van der Waals surface area contributed by atoms with Crippen molar-refractivity contribution in [2.75, 3.05) is 41.0 Å². The number of carbonyl (C=O) groups excluding carboxylic acids is 3. The lowest BCUT2D eigenvalue weighted by Crippen LogP contribution is -2.35. The van der Waals surface area contributed by atoms with Crippen LogP contribution in [0, 0.1) is 0 Å². The monoisotopic (exact) mass is 762 g/mol. The molecule has 2 fully saturated rings. The second-order valence-corrected chi connectivity index (χ2v) is 14.0. The van der Waals surface area contributed by atoms with Crippen molar-refractivity contribution in [3.05, 3.63) is 88.0 Å². The van der Waals surface area contributed by atoms with Crippen LogP contribution < -0.4 is 23.7 Å². The van der Waals surface area contributed by atoms with Gasteiger partial charge in [-0.15, -0.1) is 0 Å². The minimum atomic E-state index is -0.308. The highest BCUT2D eigenvalue weighted by atomic mass is 16.5. The number of fused-ring (bicyclic) bond motifs is 4. The third kappa shape index (κ3) is 7.98. The Morgan fingerprint density at radius 1 is 0.696 bits per heavy atom. The van der Waals surface area contributed by atoms with Gasteiger partial charge in [-0.3, -0.25) is 24.4 Å². The summed E-state index contributed by atoms with van der Waals surface area (Å²) in [5, 5.41) is 0. The van der Waals surface area contributed by atoms with E-state index in [2.05, 4.69) is 12.2 Å². The molecule has 0 aromatic heterocycles. The number of allylic oxidation sites excluding steroid dienone is 2. The lowest BCUT2D eigenvalue weighted by Gasteiger charge is -2.20. The number of methoxy groups -OCH3 is 3. The van der Waals surface area contributed by atoms with Crippen LogP contribution in [0.3, 0.4) is 0 Å². The van der Waals surface area contributed by atoms with Crippen LogP contribution in [0.4, 0.5) is 11.4 Å². The van der Waals surface area contributed by atoms with Crippen LogP contribution in [-0.2, 0) is 22.7 Å². The lowest BCUT2D eigenvalue weighted by atomic mass is 10.1. The molecule has 4 heterocycles. The zero-order valence-electron chi connectivity index (χ0n) is 32.3. The Kier molecular flexibility index (Phi) is 11.4. The lowest BCUT2D eigenvalue weighted by molar-refractivity contribution is -0.140. The first-order valence-corrected chi connectivity index (χ1v) is 18.7. The van der Waals surface area contributed by atoms with Crippen molar-refractivity contribution in [1.29, 1.82) is 0 Å². The number of ether oxygens (including phenoxy) is 6. The van der Waals surface area contributed by atoms with Crippen LogP contribution in [0.5, 0.6) is 28.7 Å². The number of hydrogen-bond acceptors (Lipinski definition) is 11. The van der Waals surface area contributed by atoms with E-state index in [9.17, 15) is 14.4 Å². The number of nitrogens with zero attached hydrogens (tertiary/aromatic N) is 4. The number of esters is 1. The summed E-state index contributed by atoms with van der Waals surface area (Å²) in [7, 11) is 4.43. The topological polar surface area (TPSA) is 138 Å². The predicted octanol–water partition coefficient (Wildman–Crippen LogP) is 6.95. The summed E-state index contributed by atoms with van der Waals surface area (Å²) in [5.41, 5.74) is 5.90. The fourth-order valence-electron chi connectivity index (χ4n) is 7.34. The highest BCUT2D eigenvalue weighted by Crippen LogP contribution is 2.41. The van der Waals surface area contributed by atoms with Gasteiger partial charge < -0.3 is 38.2 Å². The van der Waals surface area contributed by atoms with E-state index in [1.165, 1.54) is 32.5 Å².